The van der Waals surface area contributed by atoms with Crippen LogP contribution in [0.1, 0.15) is 57.7 Å². The lowest BCUT2D eigenvalue weighted by Crippen LogP contribution is -2.46. The van der Waals surface area contributed by atoms with Gasteiger partial charge in [-0.15, -0.1) is 0 Å². The molecule has 1 fully saturated rings. The molecule has 1 heterocycles. The van der Waals surface area contributed by atoms with E-state index >= 15 is 0 Å². The molecule has 108 valence electrons. The molecule has 4 atom stereocenters. The highest BCUT2D eigenvalue weighted by Crippen LogP contribution is 2.37. The molecule has 4 unspecified atom stereocenters. The normalized spacial score (nSPS) is 31.6. The summed E-state index contributed by atoms with van der Waals surface area (Å²) in [6.07, 6.45) is 3.71. The molecule has 19 heavy (non-hydrogen) atoms. The standard InChI is InChI=1S/C15H28N4/c1-6-7-16-14-9-10(2)8-11(3)15(14)19-13(5)17-12(4)18-19/h10-11,14-16H,6-9H2,1-5H3. The molecule has 0 aliphatic heterocycles. The van der Waals surface area contributed by atoms with E-state index in [1.54, 1.807) is 0 Å². The predicted molar refractivity (Wildman–Crippen MR) is 78.2 cm³/mol. The van der Waals surface area contributed by atoms with Crippen molar-refractivity contribution in [3.8, 4) is 0 Å². The molecule has 0 spiro atoms. The quantitative estimate of drug-likeness (QED) is 0.909. The number of aryl methyl sites for hydroxylation is 2. The number of nitrogens with one attached hydrogen (secondary N) is 1. The van der Waals surface area contributed by atoms with E-state index < -0.39 is 0 Å². The lowest BCUT2D eigenvalue weighted by atomic mass is 9.76. The zero-order valence-corrected chi connectivity index (χ0v) is 13.0. The lowest BCUT2D eigenvalue weighted by molar-refractivity contribution is 0.141. The van der Waals surface area contributed by atoms with Gasteiger partial charge in [0.1, 0.15) is 11.6 Å². The Morgan fingerprint density at radius 1 is 1.26 bits per heavy atom. The maximum absolute atomic E-state index is 4.63. The van der Waals surface area contributed by atoms with Crippen molar-refractivity contribution in [3.63, 3.8) is 0 Å². The summed E-state index contributed by atoms with van der Waals surface area (Å²) in [4.78, 5) is 4.48. The first-order chi connectivity index (χ1) is 9.02. The number of hydrogen-bond donors (Lipinski definition) is 1. The Kier molecular flexibility index (Phi) is 4.61. The second-order valence-electron chi connectivity index (χ2n) is 6.26. The smallest absolute Gasteiger partial charge is 0.147 e. The highest BCUT2D eigenvalue weighted by atomic mass is 15.4. The van der Waals surface area contributed by atoms with Crippen LogP contribution in [0.15, 0.2) is 0 Å². The molecule has 1 aromatic heterocycles. The van der Waals surface area contributed by atoms with Crippen LogP contribution in [-0.4, -0.2) is 27.4 Å². The van der Waals surface area contributed by atoms with Gasteiger partial charge < -0.3 is 5.32 Å². The highest BCUT2D eigenvalue weighted by Gasteiger charge is 2.36. The predicted octanol–water partition coefficient (Wildman–Crippen LogP) is 2.87. The van der Waals surface area contributed by atoms with Crippen LogP contribution in [-0.2, 0) is 0 Å². The summed E-state index contributed by atoms with van der Waals surface area (Å²) >= 11 is 0. The molecule has 0 amide bonds. The molecular weight excluding hydrogens is 236 g/mol. The van der Waals surface area contributed by atoms with E-state index in [0.717, 1.165) is 24.1 Å². The molecule has 0 bridgehead atoms. The molecule has 0 saturated heterocycles. The number of aromatic nitrogens is 3. The van der Waals surface area contributed by atoms with Gasteiger partial charge in [-0.3, -0.25) is 0 Å². The van der Waals surface area contributed by atoms with E-state index in [-0.39, 0.29) is 0 Å². The van der Waals surface area contributed by atoms with Crippen molar-refractivity contribution in [1.82, 2.24) is 20.1 Å². The van der Waals surface area contributed by atoms with Gasteiger partial charge in [0.25, 0.3) is 0 Å². The summed E-state index contributed by atoms with van der Waals surface area (Å²) in [5, 5.41) is 8.36. The molecule has 1 saturated carbocycles. The topological polar surface area (TPSA) is 42.7 Å². The van der Waals surface area contributed by atoms with Crippen molar-refractivity contribution in [1.29, 1.82) is 0 Å². The second kappa shape index (κ2) is 6.04. The first-order valence-corrected chi connectivity index (χ1v) is 7.66. The van der Waals surface area contributed by atoms with E-state index in [4.69, 9.17) is 0 Å². The number of hydrogen-bond acceptors (Lipinski definition) is 3. The van der Waals surface area contributed by atoms with E-state index in [9.17, 15) is 0 Å². The molecule has 1 N–H and O–H groups in total. The van der Waals surface area contributed by atoms with Crippen LogP contribution in [0, 0.1) is 25.7 Å². The van der Waals surface area contributed by atoms with Gasteiger partial charge in [-0.2, -0.15) is 5.10 Å². The Labute approximate surface area is 117 Å². The van der Waals surface area contributed by atoms with E-state index in [1.807, 2.05) is 6.92 Å². The number of nitrogens with zero attached hydrogens (tertiary/aromatic N) is 3. The fourth-order valence-electron chi connectivity index (χ4n) is 3.60. The maximum atomic E-state index is 4.63. The monoisotopic (exact) mass is 264 g/mol. The first kappa shape index (κ1) is 14.5. The molecule has 0 radical (unpaired) electrons. The van der Waals surface area contributed by atoms with Gasteiger partial charge >= 0.3 is 0 Å². The lowest BCUT2D eigenvalue weighted by Gasteiger charge is -2.40. The van der Waals surface area contributed by atoms with E-state index in [2.05, 4.69) is 47.8 Å². The molecule has 4 nitrogen and oxygen atoms in total. The van der Waals surface area contributed by atoms with E-state index in [0.29, 0.717) is 18.0 Å². The average Bonchev–Trinajstić information content (AvgIpc) is 2.65. The van der Waals surface area contributed by atoms with Crippen molar-refractivity contribution >= 4 is 0 Å². The number of rotatable bonds is 4. The van der Waals surface area contributed by atoms with Gasteiger partial charge in [-0.25, -0.2) is 9.67 Å². The van der Waals surface area contributed by atoms with Crippen LogP contribution in [0.2, 0.25) is 0 Å². The molecule has 2 rings (SSSR count). The largest absolute Gasteiger partial charge is 0.312 e. The van der Waals surface area contributed by atoms with Gasteiger partial charge in [0.05, 0.1) is 6.04 Å². The van der Waals surface area contributed by atoms with Crippen LogP contribution in [0.5, 0.6) is 0 Å². The van der Waals surface area contributed by atoms with Crippen molar-refractivity contribution in [3.05, 3.63) is 11.6 Å². The molecule has 1 aliphatic rings. The maximum Gasteiger partial charge on any atom is 0.147 e. The van der Waals surface area contributed by atoms with Gasteiger partial charge in [0, 0.05) is 6.04 Å². The van der Waals surface area contributed by atoms with Crippen LogP contribution in [0.3, 0.4) is 0 Å². The van der Waals surface area contributed by atoms with Crippen molar-refractivity contribution in [2.45, 2.75) is 66.0 Å². The third kappa shape index (κ3) is 3.16. The fraction of sp³-hybridized carbons (Fsp3) is 0.867. The van der Waals surface area contributed by atoms with Crippen LogP contribution < -0.4 is 5.32 Å². The molecular formula is C15H28N4. The Morgan fingerprint density at radius 2 is 2.00 bits per heavy atom. The second-order valence-corrected chi connectivity index (χ2v) is 6.26. The zero-order valence-electron chi connectivity index (χ0n) is 13.0. The minimum atomic E-state index is 0.448. The summed E-state index contributed by atoms with van der Waals surface area (Å²) in [7, 11) is 0. The molecule has 1 aliphatic carbocycles. The van der Waals surface area contributed by atoms with Crippen molar-refractivity contribution in [2.75, 3.05) is 6.54 Å². The molecule has 1 aromatic rings. The summed E-state index contributed by atoms with van der Waals surface area (Å²) in [6, 6.07) is 0.974. The summed E-state index contributed by atoms with van der Waals surface area (Å²) in [5.41, 5.74) is 0. The van der Waals surface area contributed by atoms with Crippen LogP contribution >= 0.6 is 0 Å². The first-order valence-electron chi connectivity index (χ1n) is 7.66. The van der Waals surface area contributed by atoms with Gasteiger partial charge in [0.2, 0.25) is 0 Å². The van der Waals surface area contributed by atoms with Gasteiger partial charge in [0.15, 0.2) is 0 Å². The van der Waals surface area contributed by atoms with E-state index in [1.165, 1.54) is 19.3 Å². The summed E-state index contributed by atoms with van der Waals surface area (Å²) in [6.45, 7) is 12.1. The Bertz CT molecular complexity index is 412. The average molecular weight is 264 g/mol. The van der Waals surface area contributed by atoms with Gasteiger partial charge in [-0.1, -0.05) is 20.8 Å². The Morgan fingerprint density at radius 3 is 2.58 bits per heavy atom. The zero-order chi connectivity index (χ0) is 14.0. The van der Waals surface area contributed by atoms with Crippen molar-refractivity contribution in [2.24, 2.45) is 11.8 Å². The third-order valence-electron chi connectivity index (χ3n) is 4.27. The summed E-state index contributed by atoms with van der Waals surface area (Å²) in [5.74, 6) is 3.38. The van der Waals surface area contributed by atoms with Gasteiger partial charge in [-0.05, 0) is 51.5 Å². The molecule has 0 aromatic carbocycles. The van der Waals surface area contributed by atoms with Crippen molar-refractivity contribution < 1.29 is 0 Å². The fourth-order valence-corrected chi connectivity index (χ4v) is 3.60. The highest BCUT2D eigenvalue weighted by molar-refractivity contribution is 4.97. The van der Waals surface area contributed by atoms with Crippen LogP contribution in [0.25, 0.3) is 0 Å². The Hall–Kier alpha value is -0.900. The minimum absolute atomic E-state index is 0.448. The third-order valence-corrected chi connectivity index (χ3v) is 4.27. The Balaban J connectivity index is 2.24. The minimum Gasteiger partial charge on any atom is -0.312 e. The van der Waals surface area contributed by atoms with Crippen LogP contribution in [0.4, 0.5) is 0 Å². The molecule has 4 heteroatoms. The SMILES string of the molecule is CCCNC1CC(C)CC(C)C1n1nc(C)nc1C. The summed E-state index contributed by atoms with van der Waals surface area (Å²) < 4.78 is 2.17.